The number of aromatic nitrogens is 1. The van der Waals surface area contributed by atoms with E-state index in [0.29, 0.717) is 29.9 Å². The van der Waals surface area contributed by atoms with Crippen LogP contribution in [0.3, 0.4) is 0 Å². The van der Waals surface area contributed by atoms with Crippen molar-refractivity contribution in [3.63, 3.8) is 0 Å². The zero-order valence-electron chi connectivity index (χ0n) is 19.9. The summed E-state index contributed by atoms with van der Waals surface area (Å²) in [5, 5.41) is 20.2. The van der Waals surface area contributed by atoms with Crippen LogP contribution < -0.4 is 4.90 Å². The number of anilines is 1. The predicted molar refractivity (Wildman–Crippen MR) is 149 cm³/mol. The fourth-order valence-electron chi connectivity index (χ4n) is 4.51. The minimum atomic E-state index is -1.01. The van der Waals surface area contributed by atoms with Crippen LogP contribution in [0.5, 0.6) is 0 Å². The summed E-state index contributed by atoms with van der Waals surface area (Å²) < 4.78 is 15.6. The van der Waals surface area contributed by atoms with Crippen molar-refractivity contribution in [3.05, 3.63) is 98.7 Å². The minimum Gasteiger partial charge on any atom is -0.465 e. The first kappa shape index (κ1) is 25.6. The van der Waals surface area contributed by atoms with E-state index in [4.69, 9.17) is 16.6 Å². The van der Waals surface area contributed by atoms with Crippen molar-refractivity contribution in [2.75, 3.05) is 31.1 Å². The molecule has 4 aromatic rings. The Hall–Kier alpha value is -4.00. The van der Waals surface area contributed by atoms with Crippen LogP contribution in [0.1, 0.15) is 16.7 Å². The molecule has 1 aromatic heterocycles. The molecule has 1 aliphatic rings. The van der Waals surface area contributed by atoms with Gasteiger partial charge in [0.15, 0.2) is 11.6 Å². The van der Waals surface area contributed by atoms with Crippen molar-refractivity contribution in [1.29, 1.82) is 5.26 Å². The van der Waals surface area contributed by atoms with Gasteiger partial charge in [0.05, 0.1) is 20.9 Å². The molecule has 0 spiro atoms. The molecule has 1 aliphatic heterocycles. The first-order valence-electron chi connectivity index (χ1n) is 11.7. The molecule has 10 heteroatoms. The van der Waals surface area contributed by atoms with E-state index in [1.165, 1.54) is 4.90 Å². The number of hydrogen-bond donors (Lipinski definition) is 1. The SMILES string of the molecule is N#Cc1c(N=C(c2ccccc2)c2ccccc2)nc2c(F)c(Br)c(Cl)cc2c1N1CCN(C(=O)O)CC1. The van der Waals surface area contributed by atoms with Gasteiger partial charge in [-0.25, -0.2) is 19.2 Å². The van der Waals surface area contributed by atoms with Crippen molar-refractivity contribution < 1.29 is 14.3 Å². The molecule has 5 rings (SSSR count). The van der Waals surface area contributed by atoms with Gasteiger partial charge in [-0.05, 0) is 22.0 Å². The third-order valence-corrected chi connectivity index (χ3v) is 7.66. The van der Waals surface area contributed by atoms with Gasteiger partial charge in [0.1, 0.15) is 17.1 Å². The maximum absolute atomic E-state index is 15.5. The number of carbonyl (C=O) groups is 1. The molecule has 0 unspecified atom stereocenters. The molecule has 1 fully saturated rings. The first-order valence-corrected chi connectivity index (χ1v) is 12.9. The lowest BCUT2D eigenvalue weighted by Crippen LogP contribution is -2.48. The highest BCUT2D eigenvalue weighted by Crippen LogP contribution is 2.41. The molecule has 7 nitrogen and oxygen atoms in total. The lowest BCUT2D eigenvalue weighted by atomic mass is 10.0. The number of hydrogen-bond acceptors (Lipinski definition) is 5. The van der Waals surface area contributed by atoms with Gasteiger partial charge in [0, 0.05) is 42.7 Å². The number of nitriles is 1. The molecular weight excluding hydrogens is 573 g/mol. The van der Waals surface area contributed by atoms with E-state index in [0.717, 1.165) is 11.1 Å². The van der Waals surface area contributed by atoms with Gasteiger partial charge in [0.2, 0.25) is 0 Å². The van der Waals surface area contributed by atoms with Crippen LogP contribution in [0.15, 0.2) is 76.2 Å². The molecule has 1 saturated heterocycles. The number of fused-ring (bicyclic) bond motifs is 1. The number of nitrogens with zero attached hydrogens (tertiary/aromatic N) is 5. The Bertz CT molecular complexity index is 1560. The predicted octanol–water partition coefficient (Wildman–Crippen LogP) is 6.63. The van der Waals surface area contributed by atoms with E-state index in [1.807, 2.05) is 65.6 Å². The summed E-state index contributed by atoms with van der Waals surface area (Å²) in [7, 11) is 0. The van der Waals surface area contributed by atoms with Gasteiger partial charge in [-0.3, -0.25) is 0 Å². The molecule has 190 valence electrons. The second kappa shape index (κ2) is 10.8. The summed E-state index contributed by atoms with van der Waals surface area (Å²) in [6.45, 7) is 1.08. The van der Waals surface area contributed by atoms with Crippen LogP contribution in [0, 0.1) is 17.1 Å². The highest BCUT2D eigenvalue weighted by Gasteiger charge is 2.28. The second-order valence-corrected chi connectivity index (χ2v) is 9.80. The Morgan fingerprint density at radius 1 is 1.05 bits per heavy atom. The van der Waals surface area contributed by atoms with Gasteiger partial charge in [-0.1, -0.05) is 72.3 Å². The summed E-state index contributed by atoms with van der Waals surface area (Å²) >= 11 is 9.51. The van der Waals surface area contributed by atoms with Crippen molar-refractivity contribution >= 4 is 61.7 Å². The van der Waals surface area contributed by atoms with E-state index in [2.05, 4.69) is 27.0 Å². The second-order valence-electron chi connectivity index (χ2n) is 8.60. The first-order chi connectivity index (χ1) is 18.4. The number of halogens is 3. The number of aliphatic imine (C=N–C) groups is 1. The maximum atomic E-state index is 15.5. The van der Waals surface area contributed by atoms with Crippen molar-refractivity contribution in [2.24, 2.45) is 4.99 Å². The maximum Gasteiger partial charge on any atom is 0.407 e. The Balaban J connectivity index is 1.79. The van der Waals surface area contributed by atoms with Crippen LogP contribution in [-0.4, -0.2) is 53.0 Å². The van der Waals surface area contributed by atoms with Gasteiger partial charge < -0.3 is 14.9 Å². The van der Waals surface area contributed by atoms with E-state index in [-0.39, 0.29) is 39.5 Å². The standard InChI is InChI=1S/C28H20BrClFN5O2/c29-22-21(30)15-19-25(23(22)31)34-27(20(16-32)26(19)35-11-13-36(14-12-35)28(37)38)33-24(17-7-3-1-4-8-17)18-9-5-2-6-10-18/h1-10,15H,11-14H2,(H,37,38). The highest BCUT2D eigenvalue weighted by atomic mass is 79.9. The Morgan fingerprint density at radius 3 is 2.16 bits per heavy atom. The van der Waals surface area contributed by atoms with Crippen LogP contribution in [0.2, 0.25) is 5.02 Å². The molecule has 0 atom stereocenters. The largest absolute Gasteiger partial charge is 0.465 e. The number of piperazine rings is 1. The lowest BCUT2D eigenvalue weighted by molar-refractivity contribution is 0.142. The van der Waals surface area contributed by atoms with Crippen LogP contribution in [0.4, 0.5) is 20.7 Å². The summed E-state index contributed by atoms with van der Waals surface area (Å²) in [5.74, 6) is -0.605. The van der Waals surface area contributed by atoms with Crippen LogP contribution >= 0.6 is 27.5 Å². The van der Waals surface area contributed by atoms with Crippen molar-refractivity contribution in [3.8, 4) is 6.07 Å². The molecule has 2 heterocycles. The van der Waals surface area contributed by atoms with E-state index in [1.54, 1.807) is 6.07 Å². The van der Waals surface area contributed by atoms with E-state index >= 15 is 4.39 Å². The van der Waals surface area contributed by atoms with Crippen molar-refractivity contribution in [1.82, 2.24) is 9.88 Å². The van der Waals surface area contributed by atoms with Crippen molar-refractivity contribution in [2.45, 2.75) is 0 Å². The Kier molecular flexibility index (Phi) is 7.27. The summed E-state index contributed by atoms with van der Waals surface area (Å²) in [6, 6.07) is 22.8. The molecule has 38 heavy (non-hydrogen) atoms. The molecule has 1 amide bonds. The molecule has 1 N–H and O–H groups in total. The monoisotopic (exact) mass is 591 g/mol. The molecule has 0 bridgehead atoms. The quantitative estimate of drug-likeness (QED) is 0.212. The van der Waals surface area contributed by atoms with Gasteiger partial charge in [-0.15, -0.1) is 0 Å². The van der Waals surface area contributed by atoms with E-state index < -0.39 is 11.9 Å². The molecule has 0 saturated carbocycles. The van der Waals surface area contributed by atoms with Gasteiger partial charge in [-0.2, -0.15) is 5.26 Å². The van der Waals surface area contributed by atoms with Crippen LogP contribution in [-0.2, 0) is 0 Å². The average molecular weight is 593 g/mol. The summed E-state index contributed by atoms with van der Waals surface area (Å²) in [4.78, 5) is 24.0. The molecule has 0 radical (unpaired) electrons. The topological polar surface area (TPSA) is 92.8 Å². The van der Waals surface area contributed by atoms with E-state index in [9.17, 15) is 15.2 Å². The lowest BCUT2D eigenvalue weighted by Gasteiger charge is -2.35. The molecule has 0 aliphatic carbocycles. The minimum absolute atomic E-state index is 0.00941. The number of benzene rings is 3. The highest BCUT2D eigenvalue weighted by molar-refractivity contribution is 9.10. The Morgan fingerprint density at radius 2 is 1.63 bits per heavy atom. The zero-order valence-corrected chi connectivity index (χ0v) is 22.2. The Labute approximate surface area is 231 Å². The summed E-state index contributed by atoms with van der Waals surface area (Å²) in [5.41, 5.74) is 2.77. The number of amides is 1. The zero-order chi connectivity index (χ0) is 26.8. The molecule has 3 aromatic carbocycles. The number of pyridine rings is 1. The molecular formula is C28H20BrClFN5O2. The van der Waals surface area contributed by atoms with Gasteiger partial charge in [0.25, 0.3) is 0 Å². The smallest absolute Gasteiger partial charge is 0.407 e. The average Bonchev–Trinajstić information content (AvgIpc) is 2.95. The fraction of sp³-hybridized carbons (Fsp3) is 0.143. The van der Waals surface area contributed by atoms with Gasteiger partial charge >= 0.3 is 6.09 Å². The number of rotatable bonds is 4. The van der Waals surface area contributed by atoms with Crippen LogP contribution in [0.25, 0.3) is 10.9 Å². The summed E-state index contributed by atoms with van der Waals surface area (Å²) in [6.07, 6.45) is -1.01. The normalized spacial score (nSPS) is 13.3. The number of carboxylic acid groups (broad SMARTS) is 1. The third kappa shape index (κ3) is 4.80. The fourth-order valence-corrected chi connectivity index (χ4v) is 5.00. The third-order valence-electron chi connectivity index (χ3n) is 6.36.